The number of methoxy groups -OCH3 is 2. The molecule has 0 unspecified atom stereocenters. The highest BCUT2D eigenvalue weighted by Gasteiger charge is 2.07. The van der Waals surface area contributed by atoms with Gasteiger partial charge in [-0.3, -0.25) is 0 Å². The summed E-state index contributed by atoms with van der Waals surface area (Å²) in [6, 6.07) is 2.90. The first-order chi connectivity index (χ1) is 5.69. The largest absolute Gasteiger partial charge is 0.496 e. The van der Waals surface area contributed by atoms with E-state index in [1.165, 1.54) is 26.4 Å². The molecule has 0 amide bonds. The lowest BCUT2D eigenvalue weighted by molar-refractivity contribution is 0.372. The van der Waals surface area contributed by atoms with Crippen LogP contribution in [0.15, 0.2) is 12.1 Å². The van der Waals surface area contributed by atoms with E-state index in [9.17, 15) is 4.39 Å². The van der Waals surface area contributed by atoms with E-state index in [0.29, 0.717) is 5.75 Å². The van der Waals surface area contributed by atoms with Gasteiger partial charge < -0.3 is 9.47 Å². The number of benzene rings is 1. The van der Waals surface area contributed by atoms with Crippen LogP contribution in [0.3, 0.4) is 0 Å². The summed E-state index contributed by atoms with van der Waals surface area (Å²) >= 11 is 2.00. The normalized spacial score (nSPS) is 9.67. The van der Waals surface area contributed by atoms with Gasteiger partial charge in [0, 0.05) is 6.07 Å². The first-order valence-corrected chi connectivity index (χ1v) is 4.34. The minimum atomic E-state index is -0.372. The molecule has 1 rings (SSSR count). The minimum absolute atomic E-state index is 0.201. The highest BCUT2D eigenvalue weighted by molar-refractivity contribution is 14.1. The fourth-order valence-electron chi connectivity index (χ4n) is 0.823. The standard InChI is InChI=1S/C8H8FIO2/c1-11-7-4-8(12-2)6(10)3-5(7)9/h3-4H,1-2H3. The van der Waals surface area contributed by atoms with Crippen LogP contribution in [-0.2, 0) is 0 Å². The van der Waals surface area contributed by atoms with Gasteiger partial charge >= 0.3 is 0 Å². The molecule has 66 valence electrons. The molecule has 0 heterocycles. The summed E-state index contributed by atoms with van der Waals surface area (Å²) in [5.41, 5.74) is 0. The van der Waals surface area contributed by atoms with Gasteiger partial charge in [0.15, 0.2) is 11.6 Å². The third-order valence-electron chi connectivity index (χ3n) is 1.43. The van der Waals surface area contributed by atoms with E-state index in [2.05, 4.69) is 0 Å². The Kier molecular flexibility index (Phi) is 3.13. The molecule has 0 aliphatic heterocycles. The van der Waals surface area contributed by atoms with Crippen molar-refractivity contribution in [2.45, 2.75) is 0 Å². The molecule has 0 saturated carbocycles. The number of hydrogen-bond acceptors (Lipinski definition) is 2. The fraction of sp³-hybridized carbons (Fsp3) is 0.250. The summed E-state index contributed by atoms with van der Waals surface area (Å²) in [7, 11) is 2.96. The van der Waals surface area contributed by atoms with E-state index < -0.39 is 0 Å². The van der Waals surface area contributed by atoms with Crippen molar-refractivity contribution in [3.8, 4) is 11.5 Å². The molecule has 0 aliphatic rings. The zero-order chi connectivity index (χ0) is 9.14. The van der Waals surface area contributed by atoms with Gasteiger partial charge in [0.05, 0.1) is 17.8 Å². The smallest absolute Gasteiger partial charge is 0.166 e. The molecule has 0 bridgehead atoms. The van der Waals surface area contributed by atoms with Crippen LogP contribution in [0, 0.1) is 9.39 Å². The molecule has 0 fully saturated rings. The van der Waals surface area contributed by atoms with Crippen LogP contribution in [0.5, 0.6) is 11.5 Å². The molecule has 0 spiro atoms. The monoisotopic (exact) mass is 282 g/mol. The SMILES string of the molecule is COc1cc(OC)c(I)cc1F. The molecule has 2 nitrogen and oxygen atoms in total. The zero-order valence-corrected chi connectivity index (χ0v) is 8.88. The van der Waals surface area contributed by atoms with Gasteiger partial charge in [0.25, 0.3) is 0 Å². The highest BCUT2D eigenvalue weighted by Crippen LogP contribution is 2.28. The first-order valence-electron chi connectivity index (χ1n) is 3.26. The van der Waals surface area contributed by atoms with Crippen LogP contribution >= 0.6 is 22.6 Å². The predicted molar refractivity (Wildman–Crippen MR) is 52.2 cm³/mol. The molecule has 4 heteroatoms. The average molecular weight is 282 g/mol. The zero-order valence-electron chi connectivity index (χ0n) is 6.73. The van der Waals surface area contributed by atoms with Crippen molar-refractivity contribution in [2.24, 2.45) is 0 Å². The highest BCUT2D eigenvalue weighted by atomic mass is 127. The Morgan fingerprint density at radius 3 is 2.25 bits per heavy atom. The van der Waals surface area contributed by atoms with E-state index in [0.717, 1.165) is 3.57 Å². The van der Waals surface area contributed by atoms with Gasteiger partial charge in [0.1, 0.15) is 5.75 Å². The van der Waals surface area contributed by atoms with Crippen molar-refractivity contribution in [2.75, 3.05) is 14.2 Å². The first kappa shape index (κ1) is 9.57. The van der Waals surface area contributed by atoms with Crippen LogP contribution < -0.4 is 9.47 Å². The number of hydrogen-bond donors (Lipinski definition) is 0. The topological polar surface area (TPSA) is 18.5 Å². The Morgan fingerprint density at radius 1 is 1.17 bits per heavy atom. The Bertz CT molecular complexity index is 263. The van der Waals surface area contributed by atoms with Crippen LogP contribution in [-0.4, -0.2) is 14.2 Å². The van der Waals surface area contributed by atoms with E-state index in [1.807, 2.05) is 22.6 Å². The maximum Gasteiger partial charge on any atom is 0.166 e. The lowest BCUT2D eigenvalue weighted by Crippen LogP contribution is -1.92. The maximum absolute atomic E-state index is 13.0. The van der Waals surface area contributed by atoms with Crippen molar-refractivity contribution < 1.29 is 13.9 Å². The summed E-state index contributed by atoms with van der Waals surface area (Å²) in [5.74, 6) is 0.448. The molecule has 12 heavy (non-hydrogen) atoms. The molecule has 1 aromatic rings. The fourth-order valence-corrected chi connectivity index (χ4v) is 1.47. The lowest BCUT2D eigenvalue weighted by atomic mass is 10.3. The summed E-state index contributed by atoms with van der Waals surface area (Å²) in [5, 5.41) is 0. The molecule has 0 aromatic heterocycles. The Balaban J connectivity index is 3.18. The second kappa shape index (κ2) is 3.93. The molecular formula is C8H8FIO2. The van der Waals surface area contributed by atoms with Crippen molar-refractivity contribution in [1.29, 1.82) is 0 Å². The van der Waals surface area contributed by atoms with E-state index in [-0.39, 0.29) is 11.6 Å². The number of halogens is 2. The minimum Gasteiger partial charge on any atom is -0.496 e. The second-order valence-corrected chi connectivity index (χ2v) is 3.28. The van der Waals surface area contributed by atoms with Crippen molar-refractivity contribution in [3.63, 3.8) is 0 Å². The second-order valence-electron chi connectivity index (χ2n) is 2.12. The number of rotatable bonds is 2. The molecule has 0 atom stereocenters. The van der Waals surface area contributed by atoms with Gasteiger partial charge in [-0.15, -0.1) is 0 Å². The molecular weight excluding hydrogens is 274 g/mol. The molecule has 0 aliphatic carbocycles. The van der Waals surface area contributed by atoms with Crippen LogP contribution in [0.2, 0.25) is 0 Å². The predicted octanol–water partition coefficient (Wildman–Crippen LogP) is 2.45. The molecule has 1 aromatic carbocycles. The summed E-state index contributed by atoms with van der Waals surface area (Å²) in [4.78, 5) is 0. The summed E-state index contributed by atoms with van der Waals surface area (Å²) in [6.45, 7) is 0. The van der Waals surface area contributed by atoms with Crippen molar-refractivity contribution >= 4 is 22.6 Å². The van der Waals surface area contributed by atoms with Crippen LogP contribution in [0.25, 0.3) is 0 Å². The Labute approximate surface area is 83.8 Å². The van der Waals surface area contributed by atoms with Gasteiger partial charge in [-0.05, 0) is 28.7 Å². The lowest BCUT2D eigenvalue weighted by Gasteiger charge is -2.06. The third-order valence-corrected chi connectivity index (χ3v) is 2.27. The Morgan fingerprint density at radius 2 is 1.75 bits per heavy atom. The van der Waals surface area contributed by atoms with Crippen molar-refractivity contribution in [1.82, 2.24) is 0 Å². The van der Waals surface area contributed by atoms with Crippen LogP contribution in [0.4, 0.5) is 4.39 Å². The molecule has 0 N–H and O–H groups in total. The quantitative estimate of drug-likeness (QED) is 0.776. The van der Waals surface area contributed by atoms with Crippen molar-refractivity contribution in [3.05, 3.63) is 21.5 Å². The van der Waals surface area contributed by atoms with E-state index in [1.54, 1.807) is 0 Å². The summed E-state index contributed by atoms with van der Waals surface area (Å²) in [6.07, 6.45) is 0. The van der Waals surface area contributed by atoms with Gasteiger partial charge in [0.2, 0.25) is 0 Å². The maximum atomic E-state index is 13.0. The third kappa shape index (κ3) is 1.80. The van der Waals surface area contributed by atoms with Gasteiger partial charge in [-0.2, -0.15) is 0 Å². The number of ether oxygens (including phenoxy) is 2. The van der Waals surface area contributed by atoms with E-state index >= 15 is 0 Å². The van der Waals surface area contributed by atoms with Gasteiger partial charge in [-0.1, -0.05) is 0 Å². The Hall–Kier alpha value is -0.520. The molecule has 0 radical (unpaired) electrons. The van der Waals surface area contributed by atoms with E-state index in [4.69, 9.17) is 9.47 Å². The average Bonchev–Trinajstić information content (AvgIpc) is 2.05. The summed E-state index contributed by atoms with van der Waals surface area (Å²) < 4.78 is 23.5. The molecule has 0 saturated heterocycles. The van der Waals surface area contributed by atoms with Crippen LogP contribution in [0.1, 0.15) is 0 Å². The van der Waals surface area contributed by atoms with Gasteiger partial charge in [-0.25, -0.2) is 4.39 Å².